The van der Waals surface area contributed by atoms with Gasteiger partial charge in [0.15, 0.2) is 5.82 Å². The van der Waals surface area contributed by atoms with E-state index in [0.29, 0.717) is 37.4 Å². The first-order valence-corrected chi connectivity index (χ1v) is 14.3. The Bertz CT molecular complexity index is 1200. The van der Waals surface area contributed by atoms with E-state index in [-0.39, 0.29) is 5.69 Å². The number of primary amides is 1. The molecule has 3 aliphatic rings. The molecule has 0 saturated carbocycles. The predicted molar refractivity (Wildman–Crippen MR) is 133 cm³/mol. The van der Waals surface area contributed by atoms with Crippen molar-refractivity contribution < 1.29 is 17.9 Å². The molecular weight excluding hydrogens is 490 g/mol. The van der Waals surface area contributed by atoms with E-state index in [1.54, 1.807) is 22.6 Å². The van der Waals surface area contributed by atoms with Gasteiger partial charge in [-0.05, 0) is 12.1 Å². The lowest BCUT2D eigenvalue weighted by Crippen LogP contribution is -2.49. The Labute approximate surface area is 209 Å². The van der Waals surface area contributed by atoms with Crippen LogP contribution in [0.3, 0.4) is 0 Å². The number of amides is 1. The maximum atomic E-state index is 11.8. The van der Waals surface area contributed by atoms with Crippen molar-refractivity contribution in [3.05, 3.63) is 29.7 Å². The Morgan fingerprint density at radius 3 is 2.51 bits per heavy atom. The SMILES string of the molecule is CS(=O)(=O)N1CCN(CC2Cc3nc(-c4ccc(C(N)=O)nc4)nc(N4CCOCC4)c3S2)CC1. The Hall–Kier alpha value is -2.32. The number of piperazine rings is 1. The molecule has 2 aromatic rings. The van der Waals surface area contributed by atoms with Crippen molar-refractivity contribution in [3.63, 3.8) is 0 Å². The first-order valence-electron chi connectivity index (χ1n) is 11.6. The number of nitrogens with zero attached hydrogens (tertiary/aromatic N) is 6. The van der Waals surface area contributed by atoms with Gasteiger partial charge in [0.25, 0.3) is 5.91 Å². The quantitative estimate of drug-likeness (QED) is 0.558. The van der Waals surface area contributed by atoms with Gasteiger partial charge in [0.2, 0.25) is 10.0 Å². The predicted octanol–water partition coefficient (Wildman–Crippen LogP) is 0.0681. The van der Waals surface area contributed by atoms with E-state index in [4.69, 9.17) is 20.4 Å². The number of fused-ring (bicyclic) bond motifs is 1. The number of thioether (sulfide) groups is 1. The number of morpholine rings is 1. The van der Waals surface area contributed by atoms with E-state index in [0.717, 1.165) is 61.1 Å². The molecule has 0 radical (unpaired) electrons. The highest BCUT2D eigenvalue weighted by Crippen LogP contribution is 2.43. The lowest BCUT2D eigenvalue weighted by atomic mass is 10.1. The lowest BCUT2D eigenvalue weighted by molar-refractivity contribution is 0.0995. The molecule has 1 atom stereocenters. The van der Waals surface area contributed by atoms with Gasteiger partial charge >= 0.3 is 0 Å². The second kappa shape index (κ2) is 9.97. The minimum atomic E-state index is -3.14. The number of aromatic nitrogens is 3. The van der Waals surface area contributed by atoms with E-state index in [1.807, 2.05) is 11.8 Å². The van der Waals surface area contributed by atoms with Crippen molar-refractivity contribution in [2.45, 2.75) is 16.6 Å². The van der Waals surface area contributed by atoms with E-state index in [2.05, 4.69) is 14.8 Å². The molecule has 0 aliphatic carbocycles. The van der Waals surface area contributed by atoms with Crippen LogP contribution in [0.15, 0.2) is 23.2 Å². The smallest absolute Gasteiger partial charge is 0.267 e. The zero-order chi connectivity index (χ0) is 24.6. The number of ether oxygens (including phenoxy) is 1. The highest BCUT2D eigenvalue weighted by Gasteiger charge is 2.33. The van der Waals surface area contributed by atoms with Crippen LogP contribution in [-0.2, 0) is 21.2 Å². The number of anilines is 1. The van der Waals surface area contributed by atoms with Gasteiger partial charge in [-0.3, -0.25) is 14.7 Å². The summed E-state index contributed by atoms with van der Waals surface area (Å²) in [4.78, 5) is 31.1. The second-order valence-electron chi connectivity index (χ2n) is 8.95. The van der Waals surface area contributed by atoms with Crippen LogP contribution in [0.4, 0.5) is 5.82 Å². The van der Waals surface area contributed by atoms with Crippen LogP contribution in [0, 0.1) is 0 Å². The van der Waals surface area contributed by atoms with Gasteiger partial charge in [-0.1, -0.05) is 0 Å². The van der Waals surface area contributed by atoms with Crippen LogP contribution in [0.5, 0.6) is 0 Å². The number of sulfonamides is 1. The molecule has 5 rings (SSSR count). The zero-order valence-electron chi connectivity index (χ0n) is 19.6. The number of pyridine rings is 1. The number of rotatable bonds is 6. The summed E-state index contributed by atoms with van der Waals surface area (Å²) >= 11 is 1.81. The summed E-state index contributed by atoms with van der Waals surface area (Å²) in [5.41, 5.74) is 7.28. The third kappa shape index (κ3) is 5.43. The first kappa shape index (κ1) is 24.4. The van der Waals surface area contributed by atoms with Crippen molar-refractivity contribution in [1.82, 2.24) is 24.2 Å². The molecule has 2 saturated heterocycles. The van der Waals surface area contributed by atoms with E-state index >= 15 is 0 Å². The van der Waals surface area contributed by atoms with Crippen molar-refractivity contribution >= 4 is 33.5 Å². The summed E-state index contributed by atoms with van der Waals surface area (Å²) in [6.45, 7) is 6.22. The molecule has 0 aromatic carbocycles. The number of hydrogen-bond donors (Lipinski definition) is 1. The Morgan fingerprint density at radius 1 is 1.14 bits per heavy atom. The molecule has 2 aromatic heterocycles. The molecule has 1 amide bonds. The van der Waals surface area contributed by atoms with Crippen LogP contribution in [0.2, 0.25) is 0 Å². The maximum Gasteiger partial charge on any atom is 0.267 e. The summed E-state index contributed by atoms with van der Waals surface area (Å²) in [5.74, 6) is 0.926. The molecule has 1 unspecified atom stereocenters. The fraction of sp³-hybridized carbons (Fsp3) is 0.545. The summed E-state index contributed by atoms with van der Waals surface area (Å²) in [5, 5.41) is 0.314. The number of carbonyl (C=O) groups is 1. The first-order chi connectivity index (χ1) is 16.8. The Morgan fingerprint density at radius 2 is 1.89 bits per heavy atom. The van der Waals surface area contributed by atoms with E-state index in [1.165, 1.54) is 6.26 Å². The Kier molecular flexibility index (Phi) is 6.95. The average Bonchev–Trinajstić information content (AvgIpc) is 3.26. The van der Waals surface area contributed by atoms with Gasteiger partial charge in [-0.15, -0.1) is 11.8 Å². The standard InChI is InChI=1S/C22H29N7O4S2/c1-35(31,32)29-6-4-27(5-7-29)14-16-12-18-19(34-16)22(28-8-10-33-11-9-28)26-21(25-18)15-2-3-17(20(23)30)24-13-15/h2-3,13,16H,4-12,14H2,1H3,(H2,23,30). The van der Waals surface area contributed by atoms with Crippen molar-refractivity contribution in [2.75, 3.05) is 70.2 Å². The largest absolute Gasteiger partial charge is 0.378 e. The number of hydrogen-bond acceptors (Lipinski definition) is 10. The lowest BCUT2D eigenvalue weighted by Gasteiger charge is -2.34. The van der Waals surface area contributed by atoms with Crippen molar-refractivity contribution in [3.8, 4) is 11.4 Å². The van der Waals surface area contributed by atoms with Gasteiger partial charge in [0.05, 0.1) is 30.1 Å². The molecule has 5 heterocycles. The molecular formula is C22H29N7O4S2. The molecule has 13 heteroatoms. The van der Waals surface area contributed by atoms with Gasteiger partial charge in [0, 0.05) is 69.2 Å². The normalized spacial score (nSPS) is 21.7. The zero-order valence-corrected chi connectivity index (χ0v) is 21.2. The van der Waals surface area contributed by atoms with Gasteiger partial charge in [-0.2, -0.15) is 4.31 Å². The van der Waals surface area contributed by atoms with Crippen LogP contribution in [-0.4, -0.2) is 109 Å². The molecule has 2 N–H and O–H groups in total. The third-order valence-corrected chi connectivity index (χ3v) is 9.08. The van der Waals surface area contributed by atoms with Crippen LogP contribution >= 0.6 is 11.8 Å². The Balaban J connectivity index is 1.36. The molecule has 0 bridgehead atoms. The van der Waals surface area contributed by atoms with Crippen molar-refractivity contribution in [1.29, 1.82) is 0 Å². The minimum Gasteiger partial charge on any atom is -0.378 e. The molecule has 35 heavy (non-hydrogen) atoms. The maximum absolute atomic E-state index is 11.8. The summed E-state index contributed by atoms with van der Waals surface area (Å²) in [7, 11) is -3.14. The monoisotopic (exact) mass is 519 g/mol. The summed E-state index contributed by atoms with van der Waals surface area (Å²) < 4.78 is 30.7. The van der Waals surface area contributed by atoms with E-state index < -0.39 is 15.9 Å². The topological polar surface area (TPSA) is 135 Å². The number of nitrogens with two attached hydrogens (primary N) is 1. The van der Waals surface area contributed by atoms with Gasteiger partial charge in [0.1, 0.15) is 11.5 Å². The average molecular weight is 520 g/mol. The fourth-order valence-electron chi connectivity index (χ4n) is 4.59. The fourth-order valence-corrected chi connectivity index (χ4v) is 6.82. The molecule has 188 valence electrons. The highest BCUT2D eigenvalue weighted by atomic mass is 32.2. The molecule has 2 fully saturated rings. The third-order valence-electron chi connectivity index (χ3n) is 6.47. The number of carbonyl (C=O) groups excluding carboxylic acids is 1. The summed E-state index contributed by atoms with van der Waals surface area (Å²) in [6, 6.07) is 3.37. The van der Waals surface area contributed by atoms with E-state index in [9.17, 15) is 13.2 Å². The van der Waals surface area contributed by atoms with Gasteiger partial charge < -0.3 is 15.4 Å². The van der Waals surface area contributed by atoms with Crippen LogP contribution < -0.4 is 10.6 Å². The van der Waals surface area contributed by atoms with Crippen molar-refractivity contribution in [2.24, 2.45) is 5.73 Å². The highest BCUT2D eigenvalue weighted by molar-refractivity contribution is 8.00. The molecule has 0 spiro atoms. The van der Waals surface area contributed by atoms with Crippen LogP contribution in [0.1, 0.15) is 16.2 Å². The summed E-state index contributed by atoms with van der Waals surface area (Å²) in [6.07, 6.45) is 3.67. The molecule has 11 nitrogen and oxygen atoms in total. The molecule has 3 aliphatic heterocycles. The van der Waals surface area contributed by atoms with Gasteiger partial charge in [-0.25, -0.2) is 18.4 Å². The van der Waals surface area contributed by atoms with Crippen LogP contribution in [0.25, 0.3) is 11.4 Å². The minimum absolute atomic E-state index is 0.204. The second-order valence-corrected chi connectivity index (χ2v) is 12.2.